The number of hydrogen-bond donors (Lipinski definition) is 4. The molecule has 0 unspecified atom stereocenters. The number of carboxylic acid groups (broad SMARTS) is 1. The molecule has 1 aliphatic heterocycles. The van der Waals surface area contributed by atoms with Crippen LogP contribution in [0.1, 0.15) is 33.1 Å². The van der Waals surface area contributed by atoms with E-state index >= 15 is 0 Å². The van der Waals surface area contributed by atoms with Gasteiger partial charge in [-0.2, -0.15) is 0 Å². The van der Waals surface area contributed by atoms with Gasteiger partial charge in [-0.3, -0.25) is 43.6 Å². The van der Waals surface area contributed by atoms with Crippen LogP contribution in [0.4, 0.5) is 0 Å². The Morgan fingerprint density at radius 1 is 0.722 bits per heavy atom. The molecule has 1 rings (SSSR count). The second-order valence-electron chi connectivity index (χ2n) is 9.62. The molecule has 3 amide bonds. The number of Topliss-reactive ketones (excluding diaryl/α,β-unsaturated/α-hetero) is 1. The fourth-order valence-corrected chi connectivity index (χ4v) is 4.23. The molecule has 0 bridgehead atoms. The lowest BCUT2D eigenvalue weighted by molar-refractivity contribution is -0.138. The Balaban J connectivity index is 3.08. The normalized spacial score (nSPS) is 18.8. The summed E-state index contributed by atoms with van der Waals surface area (Å²) >= 11 is 0. The van der Waals surface area contributed by atoms with E-state index in [1.54, 1.807) is 4.90 Å². The van der Waals surface area contributed by atoms with Crippen molar-refractivity contribution in [3.05, 3.63) is 0 Å². The highest BCUT2D eigenvalue weighted by Gasteiger charge is 2.26. The Morgan fingerprint density at radius 2 is 1.14 bits per heavy atom. The molecular weight excluding hydrogens is 470 g/mol. The number of hydrogen-bond acceptors (Lipinski definition) is 9. The van der Waals surface area contributed by atoms with Crippen LogP contribution in [0.2, 0.25) is 0 Å². The van der Waals surface area contributed by atoms with E-state index in [9.17, 15) is 29.1 Å². The molecule has 206 valence electrons. The van der Waals surface area contributed by atoms with Crippen molar-refractivity contribution in [1.29, 1.82) is 0 Å². The van der Waals surface area contributed by atoms with Crippen LogP contribution in [0.15, 0.2) is 0 Å². The summed E-state index contributed by atoms with van der Waals surface area (Å²) in [5.41, 5.74) is 16.6. The summed E-state index contributed by atoms with van der Waals surface area (Å²) in [6, 6.07) is -0.638. The Hall–Kier alpha value is -2.61. The van der Waals surface area contributed by atoms with Gasteiger partial charge in [0.05, 0.1) is 25.7 Å². The van der Waals surface area contributed by atoms with E-state index < -0.39 is 29.7 Å². The van der Waals surface area contributed by atoms with E-state index in [1.165, 1.54) is 0 Å². The summed E-state index contributed by atoms with van der Waals surface area (Å²) in [6.45, 7) is 6.60. The number of carbonyl (C=O) groups is 5. The zero-order valence-electron chi connectivity index (χ0n) is 21.6. The third-order valence-electron chi connectivity index (χ3n) is 6.30. The number of ketones is 1. The van der Waals surface area contributed by atoms with Crippen molar-refractivity contribution < 1.29 is 29.1 Å². The number of carboxylic acids is 1. The first-order chi connectivity index (χ1) is 16.9. The molecule has 1 heterocycles. The minimum Gasteiger partial charge on any atom is -0.480 e. The molecule has 0 aromatic carbocycles. The Kier molecular flexibility index (Phi) is 14.1. The van der Waals surface area contributed by atoms with Crippen LogP contribution in [-0.4, -0.2) is 132 Å². The standard InChI is InChI=1S/C23H43N7O6/c1-17(2)19(31)5-3-4-18(23(26)36)30-12-10-28(15-21(25)33)7-6-27(14-20(24)32)8-9-29(11-13-30)16-22(34)35/h17-18H,3-16H2,1-2H3,(H2,24,32)(H2,25,33)(H2,26,36)(H,34,35)/t18-/m1/s1. The summed E-state index contributed by atoms with van der Waals surface area (Å²) in [6.07, 6.45) is 1.26. The number of rotatable bonds is 13. The van der Waals surface area contributed by atoms with Gasteiger partial charge in [-0.05, 0) is 12.8 Å². The van der Waals surface area contributed by atoms with Crippen LogP contribution in [0, 0.1) is 5.92 Å². The van der Waals surface area contributed by atoms with Gasteiger partial charge in [-0.15, -0.1) is 0 Å². The zero-order chi connectivity index (χ0) is 27.3. The second kappa shape index (κ2) is 16.2. The van der Waals surface area contributed by atoms with E-state index in [2.05, 4.69) is 0 Å². The van der Waals surface area contributed by atoms with Gasteiger partial charge in [-0.1, -0.05) is 13.8 Å². The molecule has 0 radical (unpaired) electrons. The SMILES string of the molecule is CC(C)C(=O)CCC[C@H](C(N)=O)N1CCN(CC(N)=O)CCN(CC(N)=O)CCN(CC(=O)O)CC1. The van der Waals surface area contributed by atoms with Gasteiger partial charge < -0.3 is 22.3 Å². The van der Waals surface area contributed by atoms with E-state index in [0.29, 0.717) is 71.6 Å². The average Bonchev–Trinajstić information content (AvgIpc) is 2.75. The first-order valence-electron chi connectivity index (χ1n) is 12.4. The van der Waals surface area contributed by atoms with Crippen LogP contribution >= 0.6 is 0 Å². The third kappa shape index (κ3) is 12.9. The smallest absolute Gasteiger partial charge is 0.317 e. The molecule has 1 saturated heterocycles. The number of nitrogens with zero attached hydrogens (tertiary/aromatic N) is 4. The first kappa shape index (κ1) is 31.4. The third-order valence-corrected chi connectivity index (χ3v) is 6.30. The van der Waals surface area contributed by atoms with E-state index in [-0.39, 0.29) is 31.3 Å². The molecule has 0 aliphatic carbocycles. The topological polar surface area (TPSA) is 197 Å². The number of nitrogens with two attached hydrogens (primary N) is 3. The lowest BCUT2D eigenvalue weighted by Gasteiger charge is -2.35. The number of primary amides is 3. The quantitative estimate of drug-likeness (QED) is 0.204. The van der Waals surface area contributed by atoms with Gasteiger partial charge >= 0.3 is 5.97 Å². The molecule has 1 aliphatic rings. The molecule has 0 aromatic rings. The minimum atomic E-state index is -0.985. The zero-order valence-corrected chi connectivity index (χ0v) is 21.6. The fraction of sp³-hybridized carbons (Fsp3) is 0.783. The molecule has 7 N–H and O–H groups in total. The van der Waals surface area contributed by atoms with Crippen LogP contribution in [0.5, 0.6) is 0 Å². The highest BCUT2D eigenvalue weighted by atomic mass is 16.4. The maximum Gasteiger partial charge on any atom is 0.317 e. The van der Waals surface area contributed by atoms with E-state index in [1.807, 2.05) is 28.5 Å². The predicted octanol–water partition coefficient (Wildman–Crippen LogP) is -2.49. The van der Waals surface area contributed by atoms with Crippen molar-refractivity contribution in [1.82, 2.24) is 19.6 Å². The molecule has 0 saturated carbocycles. The van der Waals surface area contributed by atoms with Gasteiger partial charge in [0.2, 0.25) is 17.7 Å². The van der Waals surface area contributed by atoms with Gasteiger partial charge in [0.15, 0.2) is 0 Å². The molecule has 1 atom stereocenters. The van der Waals surface area contributed by atoms with Crippen molar-refractivity contribution in [2.75, 3.05) is 72.0 Å². The van der Waals surface area contributed by atoms with E-state index in [4.69, 9.17) is 17.2 Å². The molecule has 1 fully saturated rings. The average molecular weight is 514 g/mol. The largest absolute Gasteiger partial charge is 0.480 e. The maximum atomic E-state index is 12.4. The lowest BCUT2D eigenvalue weighted by atomic mass is 10.0. The summed E-state index contributed by atoms with van der Waals surface area (Å²) in [5.74, 6) is -2.46. The molecule has 0 spiro atoms. The molecule has 36 heavy (non-hydrogen) atoms. The number of amides is 3. The maximum absolute atomic E-state index is 12.4. The molecular formula is C23H43N7O6. The number of aliphatic carboxylic acids is 1. The Labute approximate surface area is 212 Å². The minimum absolute atomic E-state index is 0.00746. The highest BCUT2D eigenvalue weighted by molar-refractivity contribution is 5.81. The van der Waals surface area contributed by atoms with Gasteiger partial charge in [0.1, 0.15) is 5.78 Å². The first-order valence-corrected chi connectivity index (χ1v) is 12.4. The Morgan fingerprint density at radius 3 is 1.50 bits per heavy atom. The van der Waals surface area contributed by atoms with Gasteiger partial charge in [0.25, 0.3) is 0 Å². The van der Waals surface area contributed by atoms with Crippen LogP contribution < -0.4 is 17.2 Å². The predicted molar refractivity (Wildman–Crippen MR) is 134 cm³/mol. The van der Waals surface area contributed by atoms with Crippen molar-refractivity contribution in [2.24, 2.45) is 23.1 Å². The lowest BCUT2D eigenvalue weighted by Crippen LogP contribution is -2.53. The van der Waals surface area contributed by atoms with Crippen molar-refractivity contribution >= 4 is 29.5 Å². The van der Waals surface area contributed by atoms with Crippen molar-refractivity contribution in [3.63, 3.8) is 0 Å². The second-order valence-corrected chi connectivity index (χ2v) is 9.62. The summed E-state index contributed by atoms with van der Waals surface area (Å²) in [7, 11) is 0. The Bertz CT molecular complexity index is 731. The van der Waals surface area contributed by atoms with E-state index in [0.717, 1.165) is 0 Å². The van der Waals surface area contributed by atoms with Crippen molar-refractivity contribution in [3.8, 4) is 0 Å². The number of carbonyl (C=O) groups excluding carboxylic acids is 4. The monoisotopic (exact) mass is 513 g/mol. The fourth-order valence-electron chi connectivity index (χ4n) is 4.23. The molecule has 13 heteroatoms. The highest BCUT2D eigenvalue weighted by Crippen LogP contribution is 2.13. The van der Waals surface area contributed by atoms with Crippen LogP contribution in [0.3, 0.4) is 0 Å². The molecule has 0 aromatic heterocycles. The summed E-state index contributed by atoms with van der Waals surface area (Å²) in [5, 5.41) is 9.36. The van der Waals surface area contributed by atoms with Crippen LogP contribution in [-0.2, 0) is 24.0 Å². The van der Waals surface area contributed by atoms with Gasteiger partial charge in [-0.25, -0.2) is 0 Å². The van der Waals surface area contributed by atoms with Crippen molar-refractivity contribution in [2.45, 2.75) is 39.2 Å². The summed E-state index contributed by atoms with van der Waals surface area (Å²) in [4.78, 5) is 66.3. The summed E-state index contributed by atoms with van der Waals surface area (Å²) < 4.78 is 0. The van der Waals surface area contributed by atoms with Gasteiger partial charge in [0, 0.05) is 64.7 Å². The molecule has 13 nitrogen and oxygen atoms in total. The van der Waals surface area contributed by atoms with Crippen LogP contribution in [0.25, 0.3) is 0 Å².